The van der Waals surface area contributed by atoms with Gasteiger partial charge in [0.05, 0.1) is 23.4 Å². The Balaban J connectivity index is 1.78. The van der Waals surface area contributed by atoms with E-state index in [1.165, 1.54) is 13.2 Å². The molecular weight excluding hydrogens is 558 g/mol. The van der Waals surface area contributed by atoms with E-state index in [0.29, 0.717) is 37.6 Å². The fourth-order valence-corrected chi connectivity index (χ4v) is 6.58. The third-order valence-corrected chi connectivity index (χ3v) is 9.27. The summed E-state index contributed by atoms with van der Waals surface area (Å²) < 4.78 is 6.21. The van der Waals surface area contributed by atoms with Crippen molar-refractivity contribution in [2.24, 2.45) is 17.8 Å². The molecule has 9 heteroatoms. The van der Waals surface area contributed by atoms with Crippen LogP contribution in [-0.4, -0.2) is 35.6 Å². The molecule has 33 heavy (non-hydrogen) atoms. The van der Waals surface area contributed by atoms with Crippen molar-refractivity contribution in [2.75, 3.05) is 7.11 Å². The summed E-state index contributed by atoms with van der Waals surface area (Å²) in [6, 6.07) is 1.64. The predicted molar refractivity (Wildman–Crippen MR) is 125 cm³/mol. The Kier molecular flexibility index (Phi) is 5.25. The molecule has 4 aliphatic rings. The highest BCUT2D eigenvalue weighted by molar-refractivity contribution is 9.13. The SMILES string of the molecule is COc1cc([C@H]2C3=CC[C@@H]4C(=O)NC(=O)[C@@H]4[C@@H]3CC3=C2C(=O)C=C(C)C3=O)c(Br)c(Br)c1O. The first kappa shape index (κ1) is 22.3. The van der Waals surface area contributed by atoms with Crippen LogP contribution in [0.1, 0.15) is 31.2 Å². The Bertz CT molecular complexity index is 1270. The van der Waals surface area contributed by atoms with Crippen LogP contribution in [0.5, 0.6) is 11.5 Å². The monoisotopic (exact) mass is 575 g/mol. The van der Waals surface area contributed by atoms with Gasteiger partial charge in [-0.05, 0) is 75.2 Å². The summed E-state index contributed by atoms with van der Waals surface area (Å²) in [7, 11) is 1.42. The summed E-state index contributed by atoms with van der Waals surface area (Å²) in [6.07, 6.45) is 3.88. The number of allylic oxidation sites excluding steroid dienone is 6. The van der Waals surface area contributed by atoms with Crippen LogP contribution in [0.2, 0.25) is 0 Å². The topological polar surface area (TPSA) is 110 Å². The van der Waals surface area contributed by atoms with Crippen LogP contribution < -0.4 is 10.1 Å². The van der Waals surface area contributed by atoms with Crippen molar-refractivity contribution >= 4 is 55.2 Å². The lowest BCUT2D eigenvalue weighted by atomic mass is 9.59. The van der Waals surface area contributed by atoms with Crippen molar-refractivity contribution in [3.05, 3.63) is 55.0 Å². The van der Waals surface area contributed by atoms with Gasteiger partial charge in [-0.3, -0.25) is 24.5 Å². The van der Waals surface area contributed by atoms with Gasteiger partial charge in [-0.25, -0.2) is 0 Å². The Morgan fingerprint density at radius 2 is 1.82 bits per heavy atom. The van der Waals surface area contributed by atoms with E-state index >= 15 is 0 Å². The highest BCUT2D eigenvalue weighted by Crippen LogP contribution is 2.56. The lowest BCUT2D eigenvalue weighted by Gasteiger charge is -2.42. The van der Waals surface area contributed by atoms with Crippen LogP contribution in [0.4, 0.5) is 0 Å². The Morgan fingerprint density at radius 1 is 1.09 bits per heavy atom. The molecule has 2 amide bonds. The maximum absolute atomic E-state index is 13.2. The fourth-order valence-electron chi connectivity index (χ4n) is 5.63. The van der Waals surface area contributed by atoms with Gasteiger partial charge in [-0.2, -0.15) is 0 Å². The Labute approximate surface area is 206 Å². The highest BCUT2D eigenvalue weighted by Gasteiger charge is 2.53. The van der Waals surface area contributed by atoms with Gasteiger partial charge >= 0.3 is 0 Å². The molecule has 1 aliphatic heterocycles. The molecule has 4 atom stereocenters. The number of aromatic hydroxyl groups is 1. The first-order valence-electron chi connectivity index (χ1n) is 10.5. The summed E-state index contributed by atoms with van der Waals surface area (Å²) in [5.74, 6) is -3.12. The van der Waals surface area contributed by atoms with Gasteiger partial charge in [-0.15, -0.1) is 0 Å². The molecule has 1 aromatic rings. The number of Topliss-reactive ketones (excluding diaryl/α,β-unsaturated/α-hetero) is 1. The molecule has 5 rings (SSSR count). The molecule has 1 heterocycles. The number of imide groups is 1. The third-order valence-electron chi connectivity index (χ3n) is 7.11. The molecule has 0 radical (unpaired) electrons. The number of fused-ring (bicyclic) bond motifs is 3. The molecule has 0 saturated carbocycles. The van der Waals surface area contributed by atoms with Crippen molar-refractivity contribution in [1.82, 2.24) is 5.32 Å². The molecule has 7 nitrogen and oxygen atoms in total. The molecule has 0 bridgehead atoms. The predicted octanol–water partition coefficient (Wildman–Crippen LogP) is 3.64. The van der Waals surface area contributed by atoms with Gasteiger partial charge in [0.15, 0.2) is 23.1 Å². The number of ether oxygens (including phenoxy) is 1. The van der Waals surface area contributed by atoms with Gasteiger partial charge in [0.25, 0.3) is 0 Å². The number of nitrogens with one attached hydrogen (secondary N) is 1. The zero-order valence-corrected chi connectivity index (χ0v) is 20.9. The van der Waals surface area contributed by atoms with E-state index in [4.69, 9.17) is 4.74 Å². The van der Waals surface area contributed by atoms with E-state index in [-0.39, 0.29) is 41.3 Å². The average molecular weight is 577 g/mol. The Morgan fingerprint density at radius 3 is 2.52 bits per heavy atom. The molecule has 0 spiro atoms. The second-order valence-corrected chi connectivity index (χ2v) is 10.3. The summed E-state index contributed by atoms with van der Waals surface area (Å²) in [6.45, 7) is 1.61. The van der Waals surface area contributed by atoms with E-state index < -0.39 is 23.7 Å². The number of methoxy groups -OCH3 is 1. The van der Waals surface area contributed by atoms with Gasteiger partial charge in [-0.1, -0.05) is 11.6 Å². The summed E-state index contributed by atoms with van der Waals surface area (Å²) in [5, 5.41) is 12.9. The van der Waals surface area contributed by atoms with Gasteiger partial charge in [0.1, 0.15) is 0 Å². The molecule has 0 aromatic heterocycles. The zero-order chi connectivity index (χ0) is 23.8. The molecule has 3 aliphatic carbocycles. The van der Waals surface area contributed by atoms with Crippen molar-refractivity contribution in [2.45, 2.75) is 25.7 Å². The summed E-state index contributed by atoms with van der Waals surface area (Å²) in [5.41, 5.74) is 2.56. The lowest BCUT2D eigenvalue weighted by Crippen LogP contribution is -2.39. The van der Waals surface area contributed by atoms with E-state index in [1.807, 2.05) is 6.08 Å². The first-order chi connectivity index (χ1) is 15.6. The maximum atomic E-state index is 13.2. The number of hydrogen-bond acceptors (Lipinski definition) is 6. The van der Waals surface area contributed by atoms with Crippen LogP contribution in [0.15, 0.2) is 49.5 Å². The minimum absolute atomic E-state index is 0.102. The van der Waals surface area contributed by atoms with Crippen molar-refractivity contribution < 1.29 is 29.0 Å². The summed E-state index contributed by atoms with van der Waals surface area (Å²) in [4.78, 5) is 51.5. The van der Waals surface area contributed by atoms with Crippen molar-refractivity contribution in [3.8, 4) is 11.5 Å². The number of halogens is 2. The van der Waals surface area contributed by atoms with E-state index in [2.05, 4.69) is 37.2 Å². The van der Waals surface area contributed by atoms with E-state index in [9.17, 15) is 24.3 Å². The molecular formula is C24H19Br2NO6. The summed E-state index contributed by atoms with van der Waals surface area (Å²) >= 11 is 6.91. The number of phenols is 1. The van der Waals surface area contributed by atoms with Crippen LogP contribution in [0, 0.1) is 17.8 Å². The normalized spacial score (nSPS) is 28.6. The number of amides is 2. The smallest absolute Gasteiger partial charge is 0.231 e. The first-order valence-corrected chi connectivity index (χ1v) is 12.0. The second-order valence-electron chi connectivity index (χ2n) is 8.73. The second kappa shape index (κ2) is 7.77. The number of carbonyl (C=O) groups is 4. The van der Waals surface area contributed by atoms with E-state index in [0.717, 1.165) is 5.57 Å². The maximum Gasteiger partial charge on any atom is 0.231 e. The van der Waals surface area contributed by atoms with Gasteiger partial charge < -0.3 is 9.84 Å². The molecule has 2 N–H and O–H groups in total. The van der Waals surface area contributed by atoms with Crippen LogP contribution in [0.25, 0.3) is 0 Å². The molecule has 170 valence electrons. The minimum Gasteiger partial charge on any atom is -0.503 e. The van der Waals surface area contributed by atoms with Crippen molar-refractivity contribution in [3.63, 3.8) is 0 Å². The number of carbonyl (C=O) groups excluding carboxylic acids is 4. The number of ketones is 2. The molecule has 1 fully saturated rings. The van der Waals surface area contributed by atoms with Gasteiger partial charge in [0, 0.05) is 27.1 Å². The molecule has 0 unspecified atom stereocenters. The number of benzene rings is 1. The molecule has 1 saturated heterocycles. The molecule has 1 aromatic carbocycles. The highest BCUT2D eigenvalue weighted by atomic mass is 79.9. The van der Waals surface area contributed by atoms with Gasteiger partial charge in [0.2, 0.25) is 11.8 Å². The van der Waals surface area contributed by atoms with Crippen LogP contribution >= 0.6 is 31.9 Å². The zero-order valence-electron chi connectivity index (χ0n) is 17.7. The lowest BCUT2D eigenvalue weighted by molar-refractivity contribution is -0.126. The average Bonchev–Trinajstić information content (AvgIpc) is 3.08. The van der Waals surface area contributed by atoms with Crippen LogP contribution in [-0.2, 0) is 19.2 Å². The van der Waals surface area contributed by atoms with E-state index in [1.54, 1.807) is 13.0 Å². The minimum atomic E-state index is -0.635. The largest absolute Gasteiger partial charge is 0.503 e. The standard InChI is InChI=1S/C24H19Br2NO6/c1-8-5-14(28)18-13(21(8)29)6-11-9(3-4-10-17(11)24(32)27-23(10)31)16(18)12-7-15(33-2)22(30)20(26)19(12)25/h3,5,7,10-11,16-17,30H,4,6H2,1-2H3,(H,27,31,32)/t10-,11+,16+,17-/m0/s1. The number of rotatable bonds is 2. The van der Waals surface area contributed by atoms with Crippen LogP contribution in [0.3, 0.4) is 0 Å². The Hall–Kier alpha value is -2.52. The quantitative estimate of drug-likeness (QED) is 0.316. The fraction of sp³-hybridized carbons (Fsp3) is 0.333. The van der Waals surface area contributed by atoms with Crippen molar-refractivity contribution in [1.29, 1.82) is 0 Å². The third kappa shape index (κ3) is 3.12. The number of hydrogen-bond donors (Lipinski definition) is 2. The number of phenolic OH excluding ortho intramolecular Hbond substituents is 1.